The Morgan fingerprint density at radius 2 is 1.92 bits per heavy atom. The van der Waals surface area contributed by atoms with Gasteiger partial charge in [0.1, 0.15) is 23.7 Å². The zero-order valence-corrected chi connectivity index (χ0v) is 21.4. The first kappa shape index (κ1) is 23.9. The molecule has 0 bridgehead atoms. The van der Waals surface area contributed by atoms with Gasteiger partial charge >= 0.3 is 6.03 Å². The molecule has 0 spiro atoms. The number of aromatic nitrogens is 1. The van der Waals surface area contributed by atoms with Crippen molar-refractivity contribution in [1.29, 1.82) is 0 Å². The summed E-state index contributed by atoms with van der Waals surface area (Å²) in [6.07, 6.45) is 4.80. The first-order valence-corrected chi connectivity index (χ1v) is 12.5. The van der Waals surface area contributed by atoms with Crippen molar-refractivity contribution < 1.29 is 33.0 Å². The number of nitrogens with zero attached hydrogens (tertiary/aromatic N) is 2. The van der Waals surface area contributed by atoms with Crippen LogP contribution in [0.25, 0.3) is 17.0 Å². The first-order chi connectivity index (χ1) is 18.5. The summed E-state index contributed by atoms with van der Waals surface area (Å²) in [4.78, 5) is 39.1. The van der Waals surface area contributed by atoms with E-state index in [4.69, 9.17) is 18.6 Å². The zero-order valence-electron chi connectivity index (χ0n) is 19.8. The van der Waals surface area contributed by atoms with E-state index in [1.54, 1.807) is 24.3 Å². The second kappa shape index (κ2) is 9.75. The highest BCUT2D eigenvalue weighted by Crippen LogP contribution is 2.35. The van der Waals surface area contributed by atoms with Crippen LogP contribution in [0.15, 0.2) is 75.5 Å². The van der Waals surface area contributed by atoms with Crippen molar-refractivity contribution in [2.45, 2.75) is 13.1 Å². The van der Waals surface area contributed by atoms with Crippen molar-refractivity contribution in [3.8, 4) is 17.2 Å². The second-order valence-corrected chi connectivity index (χ2v) is 9.51. The van der Waals surface area contributed by atoms with E-state index in [0.717, 1.165) is 20.3 Å². The number of carbonyl (C=O) groups is 3. The summed E-state index contributed by atoms with van der Waals surface area (Å²) in [7, 11) is 0. The van der Waals surface area contributed by atoms with Crippen LogP contribution in [0, 0.1) is 0 Å². The SMILES string of the molecule is O=C1NC(=O)N(Cc2ccco2)C(=O)/C1=C/c1cn(CCOc2ccc3c(c2)OCO3)c2ccc(Br)cc12. The summed E-state index contributed by atoms with van der Waals surface area (Å²) in [6.45, 7) is 0.962. The molecule has 2 aliphatic heterocycles. The molecule has 1 fully saturated rings. The molecular formula is C27H20BrN3O7. The van der Waals surface area contributed by atoms with Gasteiger partial charge < -0.3 is 23.2 Å². The quantitative estimate of drug-likeness (QED) is 0.255. The molecule has 2 aromatic carbocycles. The lowest BCUT2D eigenvalue weighted by atomic mass is 10.1. The largest absolute Gasteiger partial charge is 0.492 e. The highest BCUT2D eigenvalue weighted by Gasteiger charge is 2.36. The Morgan fingerprint density at radius 1 is 1.05 bits per heavy atom. The Balaban J connectivity index is 1.27. The molecule has 2 aliphatic rings. The molecule has 4 heterocycles. The molecule has 0 aliphatic carbocycles. The van der Waals surface area contributed by atoms with Crippen LogP contribution < -0.4 is 19.5 Å². The van der Waals surface area contributed by atoms with E-state index in [0.29, 0.717) is 41.7 Å². The van der Waals surface area contributed by atoms with Crippen molar-refractivity contribution in [3.05, 3.63) is 82.4 Å². The maximum absolute atomic E-state index is 13.2. The van der Waals surface area contributed by atoms with Crippen molar-refractivity contribution in [1.82, 2.24) is 14.8 Å². The fourth-order valence-electron chi connectivity index (χ4n) is 4.38. The lowest BCUT2D eigenvalue weighted by Gasteiger charge is -2.25. The predicted octanol–water partition coefficient (Wildman–Crippen LogP) is 4.47. The third kappa shape index (κ3) is 4.52. The molecule has 192 valence electrons. The van der Waals surface area contributed by atoms with E-state index >= 15 is 0 Å². The van der Waals surface area contributed by atoms with Crippen molar-refractivity contribution in [3.63, 3.8) is 0 Å². The summed E-state index contributed by atoms with van der Waals surface area (Å²) in [6, 6.07) is 13.7. The topological polar surface area (TPSA) is 112 Å². The molecule has 11 heteroatoms. The molecule has 0 saturated carbocycles. The molecule has 4 amide bonds. The monoisotopic (exact) mass is 577 g/mol. The summed E-state index contributed by atoms with van der Waals surface area (Å²) >= 11 is 3.50. The van der Waals surface area contributed by atoms with Crippen LogP contribution >= 0.6 is 15.9 Å². The van der Waals surface area contributed by atoms with Gasteiger partial charge in [-0.3, -0.25) is 19.8 Å². The highest BCUT2D eigenvalue weighted by molar-refractivity contribution is 9.10. The van der Waals surface area contributed by atoms with Gasteiger partial charge in [-0.1, -0.05) is 15.9 Å². The molecule has 10 nitrogen and oxygen atoms in total. The number of carbonyl (C=O) groups excluding carboxylic acids is 3. The van der Waals surface area contributed by atoms with Gasteiger partial charge in [0.15, 0.2) is 11.5 Å². The molecule has 1 N–H and O–H groups in total. The standard InChI is InChI=1S/C27H20BrN3O7/c28-17-3-5-22-20(11-17)16(13-30(22)7-9-36-18-4-6-23-24(12-18)38-15-37-23)10-21-25(32)29-27(34)31(26(21)33)14-19-2-1-8-35-19/h1-6,8,10-13H,7,9,14-15H2,(H,29,32,34)/b21-10+. The number of barbiturate groups is 1. The second-order valence-electron chi connectivity index (χ2n) is 8.59. The van der Waals surface area contributed by atoms with Crippen molar-refractivity contribution in [2.24, 2.45) is 0 Å². The normalized spacial score (nSPS) is 16.0. The summed E-state index contributed by atoms with van der Waals surface area (Å²) in [5, 5.41) is 3.07. The van der Waals surface area contributed by atoms with Crippen LogP contribution in [0.5, 0.6) is 17.2 Å². The Morgan fingerprint density at radius 3 is 2.76 bits per heavy atom. The molecule has 0 radical (unpaired) electrons. The minimum atomic E-state index is -0.792. The Hall–Kier alpha value is -4.51. The number of halogens is 1. The van der Waals surface area contributed by atoms with Crippen LogP contribution in [0.1, 0.15) is 11.3 Å². The molecule has 2 aromatic heterocycles. The van der Waals surface area contributed by atoms with Crippen molar-refractivity contribution >= 4 is 50.8 Å². The minimum Gasteiger partial charge on any atom is -0.492 e. The number of imide groups is 2. The third-order valence-corrected chi connectivity index (χ3v) is 6.69. The number of rotatable bonds is 7. The van der Waals surface area contributed by atoms with Gasteiger partial charge in [-0.25, -0.2) is 4.79 Å². The van der Waals surface area contributed by atoms with E-state index < -0.39 is 17.8 Å². The number of furan rings is 1. The van der Waals surface area contributed by atoms with Gasteiger partial charge in [0, 0.05) is 33.2 Å². The van der Waals surface area contributed by atoms with Gasteiger partial charge in [0.25, 0.3) is 11.8 Å². The van der Waals surface area contributed by atoms with E-state index in [2.05, 4.69) is 21.2 Å². The summed E-state index contributed by atoms with van der Waals surface area (Å²) in [5.74, 6) is 0.951. The van der Waals surface area contributed by atoms with E-state index in [1.165, 1.54) is 12.3 Å². The maximum Gasteiger partial charge on any atom is 0.331 e. The van der Waals surface area contributed by atoms with Crippen LogP contribution in [0.4, 0.5) is 4.79 Å². The first-order valence-electron chi connectivity index (χ1n) is 11.7. The van der Waals surface area contributed by atoms with Crippen LogP contribution in [-0.4, -0.2) is 40.7 Å². The van der Waals surface area contributed by atoms with Crippen molar-refractivity contribution in [2.75, 3.05) is 13.4 Å². The lowest BCUT2D eigenvalue weighted by Crippen LogP contribution is -2.53. The van der Waals surface area contributed by atoms with E-state index in [1.807, 2.05) is 35.0 Å². The number of benzene rings is 2. The van der Waals surface area contributed by atoms with Crippen LogP contribution in [0.3, 0.4) is 0 Å². The average molecular weight is 578 g/mol. The molecule has 6 rings (SSSR count). The molecular weight excluding hydrogens is 558 g/mol. The predicted molar refractivity (Wildman–Crippen MR) is 138 cm³/mol. The minimum absolute atomic E-state index is 0.0905. The number of hydrogen-bond acceptors (Lipinski definition) is 7. The number of fused-ring (bicyclic) bond motifs is 2. The highest BCUT2D eigenvalue weighted by atomic mass is 79.9. The van der Waals surface area contributed by atoms with Gasteiger partial charge in [-0.15, -0.1) is 0 Å². The maximum atomic E-state index is 13.2. The number of ether oxygens (including phenoxy) is 3. The van der Waals surface area contributed by atoms with Crippen LogP contribution in [0.2, 0.25) is 0 Å². The number of hydrogen-bond donors (Lipinski definition) is 1. The number of amides is 4. The molecule has 38 heavy (non-hydrogen) atoms. The summed E-state index contributed by atoms with van der Waals surface area (Å²) < 4.78 is 24.8. The lowest BCUT2D eigenvalue weighted by molar-refractivity contribution is -0.130. The zero-order chi connectivity index (χ0) is 26.2. The molecule has 0 unspecified atom stereocenters. The Kier molecular flexibility index (Phi) is 6.12. The Bertz CT molecular complexity index is 1610. The van der Waals surface area contributed by atoms with Gasteiger partial charge in [-0.05, 0) is 48.5 Å². The molecule has 0 atom stereocenters. The molecule has 1 saturated heterocycles. The van der Waals surface area contributed by atoms with Crippen LogP contribution in [-0.2, 0) is 22.7 Å². The van der Waals surface area contributed by atoms with Gasteiger partial charge in [0.2, 0.25) is 6.79 Å². The fraction of sp³-hybridized carbons (Fsp3) is 0.148. The summed E-state index contributed by atoms with van der Waals surface area (Å²) in [5.41, 5.74) is 1.39. The smallest absolute Gasteiger partial charge is 0.331 e. The average Bonchev–Trinajstić information content (AvgIpc) is 3.65. The van der Waals surface area contributed by atoms with Gasteiger partial charge in [0.05, 0.1) is 19.4 Å². The van der Waals surface area contributed by atoms with E-state index in [9.17, 15) is 14.4 Å². The number of nitrogens with one attached hydrogen (secondary N) is 1. The fourth-order valence-corrected chi connectivity index (χ4v) is 4.74. The van der Waals surface area contributed by atoms with Gasteiger partial charge in [-0.2, -0.15) is 0 Å². The third-order valence-electron chi connectivity index (χ3n) is 6.20. The number of urea groups is 1. The molecule has 4 aromatic rings. The van der Waals surface area contributed by atoms with E-state index in [-0.39, 0.29) is 18.9 Å². The Labute approximate surface area is 224 Å².